The van der Waals surface area contributed by atoms with E-state index in [2.05, 4.69) is 31.4 Å². The van der Waals surface area contributed by atoms with Gasteiger partial charge in [0, 0.05) is 22.8 Å². The third-order valence-electron chi connectivity index (χ3n) is 2.74. The Hall–Kier alpha value is -1.89. The summed E-state index contributed by atoms with van der Waals surface area (Å²) in [4.78, 5) is 16.0. The monoisotopic (exact) mass is 324 g/mol. The number of pyridine rings is 1. The number of anilines is 1. The number of aryl methyl sites for hydroxylation is 2. The van der Waals surface area contributed by atoms with Crippen molar-refractivity contribution in [2.45, 2.75) is 20.4 Å². The van der Waals surface area contributed by atoms with Gasteiger partial charge in [-0.25, -0.2) is 4.98 Å². The van der Waals surface area contributed by atoms with Gasteiger partial charge in [-0.05, 0) is 35.8 Å². The minimum absolute atomic E-state index is 0.194. The van der Waals surface area contributed by atoms with Gasteiger partial charge in [-0.3, -0.25) is 4.79 Å². The first-order valence-corrected chi connectivity index (χ1v) is 6.39. The quantitative estimate of drug-likeness (QED) is 0.900. The summed E-state index contributed by atoms with van der Waals surface area (Å²) in [5, 5.41) is 6.60. The molecule has 2 aromatic rings. The van der Waals surface area contributed by atoms with Gasteiger partial charge >= 0.3 is 0 Å². The summed E-state index contributed by atoms with van der Waals surface area (Å²) in [6, 6.07) is 1.63. The molecule has 0 aliphatic heterocycles. The Kier molecular flexibility index (Phi) is 3.84. The van der Waals surface area contributed by atoms with Crippen LogP contribution in [0.4, 0.5) is 5.82 Å². The number of carbonyl (C=O) groups is 1. The Morgan fingerprint density at radius 2 is 2.26 bits per heavy atom. The highest BCUT2D eigenvalue weighted by atomic mass is 79.9. The Labute approximate surface area is 118 Å². The maximum absolute atomic E-state index is 12.0. The molecule has 2 rings (SSSR count). The van der Waals surface area contributed by atoms with E-state index in [1.807, 2.05) is 6.92 Å². The second-order valence-corrected chi connectivity index (χ2v) is 4.99. The van der Waals surface area contributed by atoms with Crippen LogP contribution in [0.2, 0.25) is 0 Å². The SMILES string of the molecule is Cc1noc(C)c1CNC(=O)c1cc(Br)cnc1N. The van der Waals surface area contributed by atoms with Crippen LogP contribution in [-0.2, 0) is 6.54 Å². The van der Waals surface area contributed by atoms with Gasteiger partial charge in [0.15, 0.2) is 0 Å². The normalized spacial score (nSPS) is 10.5. The van der Waals surface area contributed by atoms with Crippen molar-refractivity contribution in [2.75, 3.05) is 5.73 Å². The van der Waals surface area contributed by atoms with E-state index in [4.69, 9.17) is 10.3 Å². The van der Waals surface area contributed by atoms with Crippen molar-refractivity contribution in [1.82, 2.24) is 15.5 Å². The molecule has 0 aliphatic rings. The standard InChI is InChI=1S/C12H13BrN4O2/c1-6-10(7(2)19-17-6)5-16-12(18)9-3-8(13)4-15-11(9)14/h3-4H,5H2,1-2H3,(H2,14,15)(H,16,18). The first-order valence-electron chi connectivity index (χ1n) is 5.60. The van der Waals surface area contributed by atoms with Crippen LogP contribution < -0.4 is 11.1 Å². The van der Waals surface area contributed by atoms with Crippen molar-refractivity contribution in [3.05, 3.63) is 39.3 Å². The molecule has 6 nitrogen and oxygen atoms in total. The fourth-order valence-corrected chi connectivity index (χ4v) is 1.98. The second kappa shape index (κ2) is 5.40. The Morgan fingerprint density at radius 1 is 1.53 bits per heavy atom. The summed E-state index contributed by atoms with van der Waals surface area (Å²) >= 11 is 3.25. The van der Waals surface area contributed by atoms with Crippen molar-refractivity contribution in [3.8, 4) is 0 Å². The molecule has 0 aliphatic carbocycles. The minimum Gasteiger partial charge on any atom is -0.383 e. The van der Waals surface area contributed by atoms with Crippen LogP contribution in [-0.4, -0.2) is 16.0 Å². The molecule has 0 saturated heterocycles. The van der Waals surface area contributed by atoms with Gasteiger partial charge in [0.25, 0.3) is 5.91 Å². The van der Waals surface area contributed by atoms with E-state index in [1.54, 1.807) is 19.2 Å². The number of nitrogens with one attached hydrogen (secondary N) is 1. The molecule has 0 saturated carbocycles. The summed E-state index contributed by atoms with van der Waals surface area (Å²) in [5.41, 5.74) is 7.64. The molecule has 100 valence electrons. The zero-order valence-electron chi connectivity index (χ0n) is 10.5. The van der Waals surface area contributed by atoms with Crippen LogP contribution in [0.3, 0.4) is 0 Å². The van der Waals surface area contributed by atoms with Crippen molar-refractivity contribution in [3.63, 3.8) is 0 Å². The number of rotatable bonds is 3. The third-order valence-corrected chi connectivity index (χ3v) is 3.17. The molecule has 2 aromatic heterocycles. The van der Waals surface area contributed by atoms with Gasteiger partial charge in [-0.15, -0.1) is 0 Å². The molecular formula is C12H13BrN4O2. The van der Waals surface area contributed by atoms with E-state index in [-0.39, 0.29) is 11.7 Å². The molecule has 2 heterocycles. The van der Waals surface area contributed by atoms with E-state index >= 15 is 0 Å². The van der Waals surface area contributed by atoms with Gasteiger partial charge in [-0.2, -0.15) is 0 Å². The number of amides is 1. The van der Waals surface area contributed by atoms with Crippen LogP contribution >= 0.6 is 15.9 Å². The lowest BCUT2D eigenvalue weighted by Crippen LogP contribution is -2.24. The number of hydrogen-bond donors (Lipinski definition) is 2. The Balaban J connectivity index is 2.12. The first-order chi connectivity index (χ1) is 8.99. The van der Waals surface area contributed by atoms with E-state index < -0.39 is 0 Å². The highest BCUT2D eigenvalue weighted by molar-refractivity contribution is 9.10. The molecule has 0 aromatic carbocycles. The second-order valence-electron chi connectivity index (χ2n) is 4.07. The summed E-state index contributed by atoms with van der Waals surface area (Å²) in [6.07, 6.45) is 1.54. The maximum Gasteiger partial charge on any atom is 0.255 e. The fraction of sp³-hybridized carbons (Fsp3) is 0.250. The highest BCUT2D eigenvalue weighted by Gasteiger charge is 2.14. The largest absolute Gasteiger partial charge is 0.383 e. The van der Waals surface area contributed by atoms with E-state index in [9.17, 15) is 4.79 Å². The number of aromatic nitrogens is 2. The molecule has 1 amide bonds. The smallest absolute Gasteiger partial charge is 0.255 e. The van der Waals surface area contributed by atoms with Crippen LogP contribution in [0.5, 0.6) is 0 Å². The van der Waals surface area contributed by atoms with Crippen LogP contribution in [0.1, 0.15) is 27.4 Å². The van der Waals surface area contributed by atoms with Gasteiger partial charge in [0.2, 0.25) is 0 Å². The molecule has 0 unspecified atom stereocenters. The molecule has 0 atom stereocenters. The fourth-order valence-electron chi connectivity index (χ4n) is 1.65. The molecule has 0 fully saturated rings. The lowest BCUT2D eigenvalue weighted by Gasteiger charge is -2.07. The molecule has 19 heavy (non-hydrogen) atoms. The van der Waals surface area contributed by atoms with Gasteiger partial charge in [0.05, 0.1) is 11.3 Å². The predicted octanol–water partition coefficient (Wildman–Crippen LogP) is 1.96. The molecule has 0 bridgehead atoms. The van der Waals surface area contributed by atoms with E-state index in [0.29, 0.717) is 22.3 Å². The summed E-state index contributed by atoms with van der Waals surface area (Å²) < 4.78 is 5.73. The van der Waals surface area contributed by atoms with Crippen molar-refractivity contribution >= 4 is 27.7 Å². The summed E-state index contributed by atoms with van der Waals surface area (Å²) in [5.74, 6) is 0.601. The number of nitrogen functional groups attached to an aromatic ring is 1. The molecule has 3 N–H and O–H groups in total. The third kappa shape index (κ3) is 2.93. The van der Waals surface area contributed by atoms with E-state index in [0.717, 1.165) is 11.3 Å². The Morgan fingerprint density at radius 3 is 2.89 bits per heavy atom. The zero-order chi connectivity index (χ0) is 14.0. The Bertz CT molecular complexity index is 605. The first kappa shape index (κ1) is 13.5. The van der Waals surface area contributed by atoms with Crippen molar-refractivity contribution in [2.24, 2.45) is 0 Å². The van der Waals surface area contributed by atoms with Crippen LogP contribution in [0, 0.1) is 13.8 Å². The van der Waals surface area contributed by atoms with Crippen LogP contribution in [0.15, 0.2) is 21.3 Å². The topological polar surface area (TPSA) is 94.0 Å². The van der Waals surface area contributed by atoms with Gasteiger partial charge in [0.1, 0.15) is 11.6 Å². The summed E-state index contributed by atoms with van der Waals surface area (Å²) in [7, 11) is 0. The molecular weight excluding hydrogens is 312 g/mol. The zero-order valence-corrected chi connectivity index (χ0v) is 12.1. The highest BCUT2D eigenvalue weighted by Crippen LogP contribution is 2.16. The minimum atomic E-state index is -0.286. The molecule has 0 radical (unpaired) electrons. The number of halogens is 1. The molecule has 7 heteroatoms. The predicted molar refractivity (Wildman–Crippen MR) is 73.5 cm³/mol. The van der Waals surface area contributed by atoms with Crippen molar-refractivity contribution in [1.29, 1.82) is 0 Å². The maximum atomic E-state index is 12.0. The molecule has 0 spiro atoms. The van der Waals surface area contributed by atoms with Crippen LogP contribution in [0.25, 0.3) is 0 Å². The van der Waals surface area contributed by atoms with Crippen molar-refractivity contribution < 1.29 is 9.32 Å². The average molecular weight is 325 g/mol. The number of hydrogen-bond acceptors (Lipinski definition) is 5. The number of carbonyl (C=O) groups excluding carboxylic acids is 1. The number of nitrogens with two attached hydrogens (primary N) is 1. The number of nitrogens with zero attached hydrogens (tertiary/aromatic N) is 2. The lowest BCUT2D eigenvalue weighted by atomic mass is 10.2. The lowest BCUT2D eigenvalue weighted by molar-refractivity contribution is 0.0951. The summed E-state index contributed by atoms with van der Waals surface area (Å²) in [6.45, 7) is 3.97. The van der Waals surface area contributed by atoms with Gasteiger partial charge < -0.3 is 15.6 Å². The average Bonchev–Trinajstić information content (AvgIpc) is 2.69. The van der Waals surface area contributed by atoms with E-state index in [1.165, 1.54) is 0 Å². The van der Waals surface area contributed by atoms with Gasteiger partial charge in [-0.1, -0.05) is 5.16 Å².